The Kier molecular flexibility index (Phi) is 6.73. The van der Waals surface area contributed by atoms with Crippen LogP contribution in [0.1, 0.15) is 29.5 Å². The Bertz CT molecular complexity index is 1390. The lowest BCUT2D eigenvalue weighted by molar-refractivity contribution is -0.136. The maximum absolute atomic E-state index is 14.1. The van der Waals surface area contributed by atoms with Gasteiger partial charge >= 0.3 is 0 Å². The van der Waals surface area contributed by atoms with Crippen LogP contribution in [0.2, 0.25) is 0 Å². The van der Waals surface area contributed by atoms with E-state index in [-0.39, 0.29) is 17.9 Å². The number of carbonyl (C=O) groups excluding carboxylic acids is 1. The molecule has 5 nitrogen and oxygen atoms in total. The Balaban J connectivity index is 1.39. The molecule has 180 valence electrons. The van der Waals surface area contributed by atoms with Crippen LogP contribution in [0.25, 0.3) is 10.2 Å². The highest BCUT2D eigenvalue weighted by Crippen LogP contribution is 2.38. The number of hydrogen-bond acceptors (Lipinski definition) is 4. The summed E-state index contributed by atoms with van der Waals surface area (Å²) in [5, 5.41) is 0.919. The summed E-state index contributed by atoms with van der Waals surface area (Å²) in [6.45, 7) is 0.870. The molecule has 0 radical (unpaired) electrons. The standard InChI is InChI=1S/C28H29N3O2S2/c1-30(20-27-29-24-15-9-10-16-26(24)34-27)28(32)22-17-18-25(21-11-5-3-6-12-21)31(19-22)35(2,33)23-13-7-4-8-14-23/h3-16,22,25H,2,17-20H2,1H3. The van der Waals surface area contributed by atoms with Gasteiger partial charge in [0, 0.05) is 24.5 Å². The Morgan fingerprint density at radius 2 is 1.69 bits per heavy atom. The molecule has 0 spiro atoms. The molecule has 1 saturated heterocycles. The van der Waals surface area contributed by atoms with Crippen molar-refractivity contribution in [1.29, 1.82) is 0 Å². The summed E-state index contributed by atoms with van der Waals surface area (Å²) in [5.41, 5.74) is 2.07. The Labute approximate surface area is 211 Å². The molecule has 0 N–H and O–H groups in total. The molecule has 0 aliphatic carbocycles. The molecule has 3 aromatic carbocycles. The number of benzene rings is 3. The fourth-order valence-electron chi connectivity index (χ4n) is 4.82. The minimum Gasteiger partial charge on any atom is -0.339 e. The molecular weight excluding hydrogens is 474 g/mol. The van der Waals surface area contributed by atoms with Crippen molar-refractivity contribution in [3.05, 3.63) is 95.5 Å². The number of thiazole rings is 1. The van der Waals surface area contributed by atoms with E-state index >= 15 is 0 Å². The van der Waals surface area contributed by atoms with Crippen molar-refractivity contribution < 1.29 is 9.00 Å². The zero-order valence-electron chi connectivity index (χ0n) is 19.7. The predicted octanol–water partition coefficient (Wildman–Crippen LogP) is 5.40. The van der Waals surface area contributed by atoms with Gasteiger partial charge in [0.1, 0.15) is 5.01 Å². The Morgan fingerprint density at radius 3 is 2.40 bits per heavy atom. The number of nitrogens with zero attached hydrogens (tertiary/aromatic N) is 3. The van der Waals surface area contributed by atoms with Gasteiger partial charge < -0.3 is 4.90 Å². The van der Waals surface area contributed by atoms with Crippen molar-refractivity contribution in [3.63, 3.8) is 0 Å². The summed E-state index contributed by atoms with van der Waals surface area (Å²) >= 11 is 1.62. The van der Waals surface area contributed by atoms with Crippen LogP contribution < -0.4 is 0 Å². The molecule has 1 aromatic heterocycles. The molecule has 1 fully saturated rings. The number of rotatable bonds is 6. The van der Waals surface area contributed by atoms with E-state index in [0.29, 0.717) is 18.0 Å². The average Bonchev–Trinajstić information content (AvgIpc) is 3.31. The first kappa shape index (κ1) is 23.7. The van der Waals surface area contributed by atoms with Crippen molar-refractivity contribution in [1.82, 2.24) is 14.2 Å². The highest BCUT2D eigenvalue weighted by Gasteiger charge is 2.38. The van der Waals surface area contributed by atoms with E-state index in [9.17, 15) is 9.00 Å². The van der Waals surface area contributed by atoms with Crippen LogP contribution in [0.3, 0.4) is 0 Å². The van der Waals surface area contributed by atoms with Crippen LogP contribution in [0, 0.1) is 5.92 Å². The molecule has 4 aromatic rings. The molecule has 1 aliphatic heterocycles. The summed E-state index contributed by atoms with van der Waals surface area (Å²) < 4.78 is 17.2. The van der Waals surface area contributed by atoms with Crippen molar-refractivity contribution in [2.75, 3.05) is 13.6 Å². The lowest BCUT2D eigenvalue weighted by atomic mass is 9.90. The number of piperidine rings is 1. The first-order valence-corrected chi connectivity index (χ1v) is 14.3. The van der Waals surface area contributed by atoms with Crippen molar-refractivity contribution in [2.24, 2.45) is 5.92 Å². The third-order valence-electron chi connectivity index (χ3n) is 6.65. The molecule has 3 unspecified atom stereocenters. The van der Waals surface area contributed by atoms with Gasteiger partial charge in [-0.1, -0.05) is 60.7 Å². The van der Waals surface area contributed by atoms with E-state index in [4.69, 9.17) is 0 Å². The summed E-state index contributed by atoms with van der Waals surface area (Å²) in [7, 11) is -0.941. The van der Waals surface area contributed by atoms with Crippen LogP contribution in [0.4, 0.5) is 0 Å². The molecule has 1 amide bonds. The van der Waals surface area contributed by atoms with Gasteiger partial charge in [0.2, 0.25) is 5.91 Å². The first-order chi connectivity index (χ1) is 16.9. The van der Waals surface area contributed by atoms with E-state index in [2.05, 4.69) is 29.1 Å². The minimum absolute atomic E-state index is 0.0555. The molecule has 1 aliphatic rings. The van der Waals surface area contributed by atoms with E-state index in [1.165, 1.54) is 0 Å². The van der Waals surface area contributed by atoms with E-state index in [0.717, 1.165) is 33.6 Å². The van der Waals surface area contributed by atoms with Crippen LogP contribution >= 0.6 is 11.3 Å². The fourth-order valence-corrected chi connectivity index (χ4v) is 7.76. The van der Waals surface area contributed by atoms with Gasteiger partial charge in [-0.2, -0.15) is 0 Å². The van der Waals surface area contributed by atoms with Crippen LogP contribution in [0.15, 0.2) is 89.8 Å². The number of amides is 1. The molecule has 3 atom stereocenters. The largest absolute Gasteiger partial charge is 0.339 e. The van der Waals surface area contributed by atoms with Crippen LogP contribution in [-0.4, -0.2) is 43.8 Å². The molecule has 35 heavy (non-hydrogen) atoms. The van der Waals surface area contributed by atoms with Gasteiger partial charge in [-0.3, -0.25) is 4.79 Å². The highest BCUT2D eigenvalue weighted by atomic mass is 32.2. The summed E-state index contributed by atoms with van der Waals surface area (Å²) in [5.74, 6) is 4.00. The zero-order chi connectivity index (χ0) is 24.4. The van der Waals surface area contributed by atoms with Gasteiger partial charge in [0.15, 0.2) is 0 Å². The van der Waals surface area contributed by atoms with Gasteiger partial charge in [-0.25, -0.2) is 13.5 Å². The van der Waals surface area contributed by atoms with E-state index in [1.807, 2.05) is 78.1 Å². The monoisotopic (exact) mass is 503 g/mol. The molecule has 2 heterocycles. The Morgan fingerprint density at radius 1 is 1.03 bits per heavy atom. The summed E-state index contributed by atoms with van der Waals surface area (Å²) in [4.78, 5) is 20.7. The van der Waals surface area contributed by atoms with Gasteiger partial charge in [-0.05, 0) is 48.5 Å². The van der Waals surface area contributed by atoms with Crippen molar-refractivity contribution in [2.45, 2.75) is 30.3 Å². The van der Waals surface area contributed by atoms with Crippen molar-refractivity contribution in [3.8, 4) is 0 Å². The Hall–Kier alpha value is -3.00. The number of aromatic nitrogens is 1. The summed E-state index contributed by atoms with van der Waals surface area (Å²) in [6, 6.07) is 27.5. The minimum atomic E-state index is -2.78. The second kappa shape index (κ2) is 9.93. The quantitative estimate of drug-likeness (QED) is 0.331. The van der Waals surface area contributed by atoms with E-state index in [1.54, 1.807) is 16.2 Å². The number of carbonyl (C=O) groups is 1. The van der Waals surface area contributed by atoms with Gasteiger partial charge in [0.05, 0.1) is 32.4 Å². The molecule has 7 heteroatoms. The number of para-hydroxylation sites is 1. The third kappa shape index (κ3) is 4.89. The van der Waals surface area contributed by atoms with Crippen LogP contribution in [-0.2, 0) is 21.0 Å². The van der Waals surface area contributed by atoms with Gasteiger partial charge in [-0.15, -0.1) is 11.3 Å². The maximum atomic E-state index is 14.1. The number of hydrogen-bond donors (Lipinski definition) is 0. The predicted molar refractivity (Wildman–Crippen MR) is 145 cm³/mol. The third-order valence-corrected chi connectivity index (χ3v) is 9.84. The van der Waals surface area contributed by atoms with Crippen LogP contribution in [0.5, 0.6) is 0 Å². The average molecular weight is 504 g/mol. The van der Waals surface area contributed by atoms with E-state index < -0.39 is 9.71 Å². The lowest BCUT2D eigenvalue weighted by Gasteiger charge is -2.41. The maximum Gasteiger partial charge on any atom is 0.227 e. The lowest BCUT2D eigenvalue weighted by Crippen LogP contribution is -2.47. The fraction of sp³-hybridized carbons (Fsp3) is 0.250. The van der Waals surface area contributed by atoms with Crippen molar-refractivity contribution >= 4 is 43.0 Å². The normalized spacial score (nSPS) is 20.4. The topological polar surface area (TPSA) is 53.5 Å². The molecule has 0 bridgehead atoms. The smallest absolute Gasteiger partial charge is 0.227 e. The second-order valence-electron chi connectivity index (χ2n) is 9.02. The molecular formula is C28H29N3O2S2. The molecule has 5 rings (SSSR count). The number of fused-ring (bicyclic) bond motifs is 1. The first-order valence-electron chi connectivity index (χ1n) is 11.8. The van der Waals surface area contributed by atoms with Gasteiger partial charge in [0.25, 0.3) is 0 Å². The zero-order valence-corrected chi connectivity index (χ0v) is 21.4. The molecule has 0 saturated carbocycles. The highest BCUT2D eigenvalue weighted by molar-refractivity contribution is 7.98. The second-order valence-corrected chi connectivity index (χ2v) is 12.4. The summed E-state index contributed by atoms with van der Waals surface area (Å²) in [6.07, 6.45) is 1.48. The SMILES string of the molecule is C=S(=O)(c1ccccc1)N1CC(C(=O)N(C)Cc2nc3ccccc3s2)CCC1c1ccccc1.